The second-order valence-electron chi connectivity index (χ2n) is 9.21. The normalized spacial score (nSPS) is 52.3. The first-order chi connectivity index (χ1) is 11.0. The van der Waals surface area contributed by atoms with Gasteiger partial charge >= 0.3 is 0 Å². The summed E-state index contributed by atoms with van der Waals surface area (Å²) in [5.74, 6) is 2.47. The number of hydrogen-bond acceptors (Lipinski definition) is 3. The Kier molecular flexibility index (Phi) is 3.75. The Hall–Kier alpha value is -0.640. The Morgan fingerprint density at radius 3 is 2.61 bits per heavy atom. The first-order valence-electron chi connectivity index (χ1n) is 9.77. The molecule has 4 nitrogen and oxygen atoms in total. The highest BCUT2D eigenvalue weighted by atomic mass is 16.6. The SMILES string of the molecule is C[C@]12CC[C@H]3[C@@H](CC[C@H]4CCCC[C@@]43CO)[C@@H]1CC[C@@H]2[N+](=O)[O-]. The minimum Gasteiger partial charge on any atom is -0.396 e. The zero-order valence-corrected chi connectivity index (χ0v) is 14.4. The number of aliphatic hydroxyl groups is 1. The lowest BCUT2D eigenvalue weighted by molar-refractivity contribution is -0.540. The van der Waals surface area contributed by atoms with Crippen LogP contribution in [0.3, 0.4) is 0 Å². The van der Waals surface area contributed by atoms with Crippen LogP contribution in [0.1, 0.15) is 71.1 Å². The first kappa shape index (κ1) is 15.9. The highest BCUT2D eigenvalue weighted by Gasteiger charge is 2.63. The summed E-state index contributed by atoms with van der Waals surface area (Å²) in [7, 11) is 0. The van der Waals surface area contributed by atoms with Gasteiger partial charge in [-0.15, -0.1) is 0 Å². The molecular weight excluding hydrogens is 290 g/mol. The van der Waals surface area contributed by atoms with Gasteiger partial charge in [0.25, 0.3) is 0 Å². The molecule has 4 saturated carbocycles. The molecule has 4 rings (SSSR count). The average Bonchev–Trinajstić information content (AvgIpc) is 2.91. The van der Waals surface area contributed by atoms with Gasteiger partial charge in [-0.2, -0.15) is 0 Å². The first-order valence-corrected chi connectivity index (χ1v) is 9.77. The van der Waals surface area contributed by atoms with E-state index < -0.39 is 0 Å². The zero-order chi connectivity index (χ0) is 16.2. The van der Waals surface area contributed by atoms with Crippen molar-refractivity contribution >= 4 is 0 Å². The van der Waals surface area contributed by atoms with Crippen molar-refractivity contribution in [1.29, 1.82) is 0 Å². The summed E-state index contributed by atoms with van der Waals surface area (Å²) in [5.41, 5.74) is 0.0536. The summed E-state index contributed by atoms with van der Waals surface area (Å²) in [5, 5.41) is 21.9. The molecule has 0 bridgehead atoms. The van der Waals surface area contributed by atoms with Gasteiger partial charge in [0.05, 0.1) is 0 Å². The highest BCUT2D eigenvalue weighted by Crippen LogP contribution is 2.66. The quantitative estimate of drug-likeness (QED) is 0.617. The van der Waals surface area contributed by atoms with Crippen LogP contribution in [0.15, 0.2) is 0 Å². The summed E-state index contributed by atoms with van der Waals surface area (Å²) >= 11 is 0. The maximum absolute atomic E-state index is 11.5. The molecule has 4 fully saturated rings. The summed E-state index contributed by atoms with van der Waals surface area (Å²) < 4.78 is 0. The maximum Gasteiger partial charge on any atom is 0.218 e. The number of rotatable bonds is 2. The van der Waals surface area contributed by atoms with Crippen LogP contribution >= 0.6 is 0 Å². The van der Waals surface area contributed by atoms with Crippen LogP contribution in [0.2, 0.25) is 0 Å². The molecule has 4 heteroatoms. The number of aliphatic hydroxyl groups excluding tert-OH is 1. The zero-order valence-electron chi connectivity index (χ0n) is 14.4. The third kappa shape index (κ3) is 2.06. The smallest absolute Gasteiger partial charge is 0.218 e. The molecule has 0 aliphatic heterocycles. The van der Waals surface area contributed by atoms with Crippen molar-refractivity contribution in [3.63, 3.8) is 0 Å². The van der Waals surface area contributed by atoms with Crippen LogP contribution in [0.4, 0.5) is 0 Å². The average molecular weight is 321 g/mol. The van der Waals surface area contributed by atoms with Crippen LogP contribution in [-0.4, -0.2) is 22.7 Å². The molecule has 0 aromatic carbocycles. The minimum absolute atomic E-state index is 0.00831. The van der Waals surface area contributed by atoms with Crippen LogP contribution in [0.5, 0.6) is 0 Å². The van der Waals surface area contributed by atoms with E-state index in [0.717, 1.165) is 25.7 Å². The molecule has 7 atom stereocenters. The van der Waals surface area contributed by atoms with Gasteiger partial charge in [0.15, 0.2) is 0 Å². The summed E-state index contributed by atoms with van der Waals surface area (Å²) in [6, 6.07) is -0.331. The molecule has 0 unspecified atom stereocenters. The van der Waals surface area contributed by atoms with Gasteiger partial charge in [0.1, 0.15) is 0 Å². The molecule has 0 saturated heterocycles. The van der Waals surface area contributed by atoms with Gasteiger partial charge in [0, 0.05) is 23.4 Å². The second-order valence-corrected chi connectivity index (χ2v) is 9.21. The Labute approximate surface area is 139 Å². The Morgan fingerprint density at radius 1 is 1.04 bits per heavy atom. The fourth-order valence-corrected chi connectivity index (χ4v) is 7.70. The van der Waals surface area contributed by atoms with Gasteiger partial charge in [0.2, 0.25) is 6.04 Å². The largest absolute Gasteiger partial charge is 0.396 e. The molecule has 23 heavy (non-hydrogen) atoms. The van der Waals surface area contributed by atoms with Gasteiger partial charge in [-0.3, -0.25) is 10.1 Å². The van der Waals surface area contributed by atoms with Crippen LogP contribution in [-0.2, 0) is 0 Å². The predicted molar refractivity (Wildman–Crippen MR) is 88.5 cm³/mol. The summed E-state index contributed by atoms with van der Waals surface area (Å²) in [6.45, 7) is 2.55. The second kappa shape index (κ2) is 5.44. The summed E-state index contributed by atoms with van der Waals surface area (Å²) in [4.78, 5) is 11.5. The van der Waals surface area contributed by atoms with Crippen LogP contribution < -0.4 is 0 Å². The monoisotopic (exact) mass is 321 g/mol. The van der Waals surface area contributed by atoms with Crippen molar-refractivity contribution in [2.75, 3.05) is 6.61 Å². The Morgan fingerprint density at radius 2 is 1.87 bits per heavy atom. The number of hydrogen-bond donors (Lipinski definition) is 1. The van der Waals surface area contributed by atoms with E-state index in [1.54, 1.807) is 0 Å². The molecule has 0 amide bonds. The number of fused-ring (bicyclic) bond motifs is 5. The molecule has 0 aromatic heterocycles. The van der Waals surface area contributed by atoms with Crippen molar-refractivity contribution < 1.29 is 10.0 Å². The predicted octanol–water partition coefficient (Wildman–Crippen LogP) is 4.04. The molecule has 0 heterocycles. The third-order valence-electron chi connectivity index (χ3n) is 8.78. The fraction of sp³-hybridized carbons (Fsp3) is 1.00. The third-order valence-corrected chi connectivity index (χ3v) is 8.78. The van der Waals surface area contributed by atoms with E-state index in [1.807, 2.05) is 0 Å². The number of nitrogens with zero attached hydrogens (tertiary/aromatic N) is 1. The maximum atomic E-state index is 11.5. The van der Waals surface area contributed by atoms with E-state index in [2.05, 4.69) is 6.92 Å². The molecule has 4 aliphatic carbocycles. The topological polar surface area (TPSA) is 63.4 Å². The van der Waals surface area contributed by atoms with Crippen molar-refractivity contribution in [1.82, 2.24) is 0 Å². The molecule has 0 radical (unpaired) electrons. The van der Waals surface area contributed by atoms with E-state index >= 15 is 0 Å². The lowest BCUT2D eigenvalue weighted by atomic mass is 9.45. The fourth-order valence-electron chi connectivity index (χ4n) is 7.70. The van der Waals surface area contributed by atoms with E-state index in [-0.39, 0.29) is 21.8 Å². The Bertz CT molecular complexity index is 495. The molecule has 0 spiro atoms. The van der Waals surface area contributed by atoms with Crippen molar-refractivity contribution in [3.8, 4) is 0 Å². The van der Waals surface area contributed by atoms with E-state index in [4.69, 9.17) is 0 Å². The van der Waals surface area contributed by atoms with Crippen molar-refractivity contribution in [2.45, 2.75) is 77.2 Å². The van der Waals surface area contributed by atoms with E-state index in [0.29, 0.717) is 30.3 Å². The molecule has 0 aromatic rings. The Balaban J connectivity index is 1.65. The van der Waals surface area contributed by atoms with E-state index in [1.165, 1.54) is 38.5 Å². The van der Waals surface area contributed by atoms with Crippen molar-refractivity contribution in [3.05, 3.63) is 10.1 Å². The minimum atomic E-state index is -0.331. The van der Waals surface area contributed by atoms with Gasteiger partial charge < -0.3 is 5.11 Å². The standard InChI is InChI=1S/C19H31NO3/c1-18-11-9-16-14(15(18)7-8-17(18)20(22)23)6-5-13-4-2-3-10-19(13,16)12-21/h13-17,21H,2-12H2,1H3/t13-,14+,15+,16+,17+,18+,19-/m1/s1. The summed E-state index contributed by atoms with van der Waals surface area (Å²) in [6.07, 6.45) is 11.5. The van der Waals surface area contributed by atoms with Crippen LogP contribution in [0.25, 0.3) is 0 Å². The molecule has 1 N–H and O–H groups in total. The lowest BCUT2D eigenvalue weighted by Crippen LogP contribution is -2.56. The van der Waals surface area contributed by atoms with Gasteiger partial charge in [-0.1, -0.05) is 19.8 Å². The van der Waals surface area contributed by atoms with Crippen LogP contribution in [0, 0.1) is 44.6 Å². The number of nitro groups is 1. The highest BCUT2D eigenvalue weighted by molar-refractivity contribution is 5.10. The van der Waals surface area contributed by atoms with E-state index in [9.17, 15) is 15.2 Å². The van der Waals surface area contributed by atoms with Gasteiger partial charge in [-0.05, 0) is 74.0 Å². The van der Waals surface area contributed by atoms with Gasteiger partial charge in [-0.25, -0.2) is 0 Å². The molecule has 130 valence electrons. The molecular formula is C19H31NO3. The lowest BCUT2D eigenvalue weighted by Gasteiger charge is -2.60. The molecule has 4 aliphatic rings. The van der Waals surface area contributed by atoms with Crippen molar-refractivity contribution in [2.24, 2.45) is 34.5 Å².